The van der Waals surface area contributed by atoms with Crippen molar-refractivity contribution in [2.75, 3.05) is 13.2 Å². The highest BCUT2D eigenvalue weighted by atomic mass is 16.5. The molecule has 0 aliphatic carbocycles. The van der Waals surface area contributed by atoms with Gasteiger partial charge in [-0.15, -0.1) is 0 Å². The molecule has 0 aliphatic rings. The van der Waals surface area contributed by atoms with Gasteiger partial charge in [-0.05, 0) is 64.9 Å². The summed E-state index contributed by atoms with van der Waals surface area (Å²) < 4.78 is 10.5. The quantitative estimate of drug-likeness (QED) is 0.144. The number of rotatable bonds is 12. The molecular formula is C31H32O6. The van der Waals surface area contributed by atoms with Crippen LogP contribution in [0.1, 0.15) is 31.7 Å². The van der Waals surface area contributed by atoms with E-state index in [1.165, 1.54) is 5.56 Å². The van der Waals surface area contributed by atoms with Crippen LogP contribution in [0.25, 0.3) is 22.3 Å². The van der Waals surface area contributed by atoms with Crippen LogP contribution in [0.4, 0.5) is 0 Å². The van der Waals surface area contributed by atoms with E-state index in [4.69, 9.17) is 19.7 Å². The van der Waals surface area contributed by atoms with E-state index in [2.05, 4.69) is 32.2 Å². The van der Waals surface area contributed by atoms with Gasteiger partial charge in [0.05, 0.1) is 24.4 Å². The second-order valence-electron chi connectivity index (χ2n) is 8.68. The van der Waals surface area contributed by atoms with Gasteiger partial charge in [-0.25, -0.2) is 9.59 Å². The van der Waals surface area contributed by atoms with Crippen LogP contribution in [0.5, 0.6) is 11.5 Å². The van der Waals surface area contributed by atoms with E-state index in [0.29, 0.717) is 11.5 Å². The Morgan fingerprint density at radius 1 is 0.703 bits per heavy atom. The van der Waals surface area contributed by atoms with E-state index in [9.17, 15) is 9.59 Å². The molecule has 0 radical (unpaired) electrons. The number of aryl methyl sites for hydroxylation is 1. The zero-order chi connectivity index (χ0) is 26.8. The average Bonchev–Trinajstić information content (AvgIpc) is 2.93. The second-order valence-corrected chi connectivity index (χ2v) is 8.68. The number of aliphatic hydroxyl groups excluding tert-OH is 2. The SMILES string of the molecule is C=C(CO)C(=O)Oc1ccc(-c2ccc(-c3ccc(OC(=O)C(=C)CO)cc3)c(CCCCC)c2)cc1. The van der Waals surface area contributed by atoms with Gasteiger partial charge in [-0.1, -0.05) is 75.4 Å². The normalized spacial score (nSPS) is 10.6. The number of carbonyl (C=O) groups excluding carboxylic acids is 2. The summed E-state index contributed by atoms with van der Waals surface area (Å²) in [5.41, 5.74) is 5.34. The molecule has 0 unspecified atom stereocenters. The minimum atomic E-state index is -0.656. The first-order valence-electron chi connectivity index (χ1n) is 12.2. The van der Waals surface area contributed by atoms with Gasteiger partial charge in [0.25, 0.3) is 0 Å². The Balaban J connectivity index is 1.84. The van der Waals surface area contributed by atoms with E-state index in [-0.39, 0.29) is 11.1 Å². The van der Waals surface area contributed by atoms with Crippen LogP contribution in [-0.4, -0.2) is 35.4 Å². The van der Waals surface area contributed by atoms with Gasteiger partial charge in [0.15, 0.2) is 0 Å². The fraction of sp³-hybridized carbons (Fsp3) is 0.226. The molecule has 0 saturated carbocycles. The van der Waals surface area contributed by atoms with E-state index >= 15 is 0 Å². The van der Waals surface area contributed by atoms with Crippen molar-refractivity contribution < 1.29 is 29.3 Å². The summed E-state index contributed by atoms with van der Waals surface area (Å²) in [4.78, 5) is 23.7. The van der Waals surface area contributed by atoms with Crippen LogP contribution < -0.4 is 9.47 Å². The predicted molar refractivity (Wildman–Crippen MR) is 144 cm³/mol. The van der Waals surface area contributed by atoms with Crippen LogP contribution in [0.3, 0.4) is 0 Å². The Labute approximate surface area is 217 Å². The van der Waals surface area contributed by atoms with E-state index in [1.54, 1.807) is 24.3 Å². The Morgan fingerprint density at radius 2 is 1.19 bits per heavy atom. The van der Waals surface area contributed by atoms with Crippen LogP contribution in [0.2, 0.25) is 0 Å². The molecule has 0 atom stereocenters. The molecule has 6 nitrogen and oxygen atoms in total. The summed E-state index contributed by atoms with van der Waals surface area (Å²) in [5.74, 6) is -0.543. The highest BCUT2D eigenvalue weighted by molar-refractivity contribution is 5.90. The molecule has 0 bridgehead atoms. The third kappa shape index (κ3) is 7.49. The number of ether oxygens (including phenoxy) is 2. The third-order valence-electron chi connectivity index (χ3n) is 5.89. The smallest absolute Gasteiger partial charge is 0.341 e. The van der Waals surface area contributed by atoms with Crippen molar-refractivity contribution in [1.82, 2.24) is 0 Å². The van der Waals surface area contributed by atoms with Crippen molar-refractivity contribution in [2.45, 2.75) is 32.6 Å². The Morgan fingerprint density at radius 3 is 1.68 bits per heavy atom. The molecule has 0 saturated heterocycles. The number of hydrogen-bond acceptors (Lipinski definition) is 6. The van der Waals surface area contributed by atoms with Gasteiger partial charge in [-0.2, -0.15) is 0 Å². The molecule has 3 aromatic carbocycles. The lowest BCUT2D eigenvalue weighted by atomic mass is 9.92. The van der Waals surface area contributed by atoms with Crippen molar-refractivity contribution in [1.29, 1.82) is 0 Å². The minimum Gasteiger partial charge on any atom is -0.423 e. The van der Waals surface area contributed by atoms with Crippen molar-refractivity contribution in [3.63, 3.8) is 0 Å². The number of esters is 2. The monoisotopic (exact) mass is 500 g/mol. The molecule has 192 valence electrons. The highest BCUT2D eigenvalue weighted by Crippen LogP contribution is 2.32. The van der Waals surface area contributed by atoms with Crippen LogP contribution >= 0.6 is 0 Å². The molecule has 37 heavy (non-hydrogen) atoms. The first kappa shape index (κ1) is 27.6. The molecule has 2 N–H and O–H groups in total. The lowest BCUT2D eigenvalue weighted by Crippen LogP contribution is -2.12. The Kier molecular flexibility index (Phi) is 9.95. The maximum atomic E-state index is 11.9. The lowest BCUT2D eigenvalue weighted by Gasteiger charge is -2.14. The van der Waals surface area contributed by atoms with E-state index in [0.717, 1.165) is 47.9 Å². The molecule has 3 aromatic rings. The van der Waals surface area contributed by atoms with Crippen LogP contribution in [0, 0.1) is 0 Å². The predicted octanol–water partition coefficient (Wildman–Crippen LogP) is 5.66. The van der Waals surface area contributed by atoms with Crippen molar-refractivity contribution in [2.24, 2.45) is 0 Å². The summed E-state index contributed by atoms with van der Waals surface area (Å²) in [6, 6.07) is 20.8. The molecule has 3 rings (SSSR count). The van der Waals surface area contributed by atoms with Crippen molar-refractivity contribution >= 4 is 11.9 Å². The number of carbonyl (C=O) groups is 2. The number of aliphatic hydroxyl groups is 2. The molecule has 0 aliphatic heterocycles. The van der Waals surface area contributed by atoms with E-state index < -0.39 is 25.2 Å². The van der Waals surface area contributed by atoms with E-state index in [1.807, 2.05) is 30.3 Å². The maximum absolute atomic E-state index is 11.9. The topological polar surface area (TPSA) is 93.1 Å². The molecule has 0 heterocycles. The molecular weight excluding hydrogens is 468 g/mol. The summed E-state index contributed by atoms with van der Waals surface area (Å²) in [6.07, 6.45) is 4.24. The van der Waals surface area contributed by atoms with Gasteiger partial charge < -0.3 is 19.7 Å². The first-order valence-corrected chi connectivity index (χ1v) is 12.2. The average molecular weight is 501 g/mol. The number of hydrogen-bond donors (Lipinski definition) is 2. The van der Waals surface area contributed by atoms with Gasteiger partial charge in [0, 0.05) is 0 Å². The standard InChI is InChI=1S/C31H32O6/c1-4-5-6-7-26-18-25(23-8-13-27(14-9-23)36-30(34)21(2)19-32)12-17-29(26)24-10-15-28(16-11-24)37-31(35)22(3)20-33/h8-18,32-33H,2-7,19-20H2,1H3. The fourth-order valence-electron chi connectivity index (χ4n) is 3.73. The zero-order valence-electron chi connectivity index (χ0n) is 21.0. The largest absolute Gasteiger partial charge is 0.423 e. The fourth-order valence-corrected chi connectivity index (χ4v) is 3.73. The van der Waals surface area contributed by atoms with Crippen LogP contribution in [0.15, 0.2) is 91.0 Å². The molecule has 0 aromatic heterocycles. The molecule has 0 fully saturated rings. The molecule has 6 heteroatoms. The van der Waals surface area contributed by atoms with Crippen molar-refractivity contribution in [3.05, 3.63) is 96.6 Å². The summed E-state index contributed by atoms with van der Waals surface area (Å²) in [5, 5.41) is 18.1. The molecule has 0 amide bonds. The van der Waals surface area contributed by atoms with Crippen LogP contribution in [-0.2, 0) is 16.0 Å². The Hall–Kier alpha value is -4.00. The second kappa shape index (κ2) is 13.3. The maximum Gasteiger partial charge on any atom is 0.341 e. The summed E-state index contributed by atoms with van der Waals surface area (Å²) in [7, 11) is 0. The summed E-state index contributed by atoms with van der Waals surface area (Å²) in [6.45, 7) is 8.24. The lowest BCUT2D eigenvalue weighted by molar-refractivity contribution is -0.131. The van der Waals surface area contributed by atoms with Gasteiger partial charge >= 0.3 is 11.9 Å². The Bertz CT molecular complexity index is 1260. The van der Waals surface area contributed by atoms with Crippen molar-refractivity contribution in [3.8, 4) is 33.8 Å². The highest BCUT2D eigenvalue weighted by Gasteiger charge is 2.12. The minimum absolute atomic E-state index is 0.000291. The molecule has 0 spiro atoms. The number of unbranched alkanes of at least 4 members (excludes halogenated alkanes) is 2. The first-order chi connectivity index (χ1) is 17.9. The van der Waals surface area contributed by atoms with Gasteiger partial charge in [-0.3, -0.25) is 0 Å². The zero-order valence-corrected chi connectivity index (χ0v) is 21.0. The van der Waals surface area contributed by atoms with Gasteiger partial charge in [0.1, 0.15) is 11.5 Å². The summed E-state index contributed by atoms with van der Waals surface area (Å²) >= 11 is 0. The third-order valence-corrected chi connectivity index (χ3v) is 5.89. The van der Waals surface area contributed by atoms with Gasteiger partial charge in [0.2, 0.25) is 0 Å². The number of benzene rings is 3.